The van der Waals surface area contributed by atoms with Gasteiger partial charge in [0.15, 0.2) is 0 Å². The van der Waals surface area contributed by atoms with Crippen LogP contribution in [0.2, 0.25) is 10.2 Å². The van der Waals surface area contributed by atoms with Crippen LogP contribution in [0.3, 0.4) is 0 Å². The Morgan fingerprint density at radius 3 is 2.34 bits per heavy atom. The Labute approximate surface area is 197 Å². The van der Waals surface area contributed by atoms with E-state index >= 15 is 0 Å². The fourth-order valence-electron chi connectivity index (χ4n) is 3.32. The van der Waals surface area contributed by atoms with Gasteiger partial charge >= 0.3 is 0 Å². The van der Waals surface area contributed by atoms with Crippen LogP contribution in [0, 0.1) is 0 Å². The van der Waals surface area contributed by atoms with Gasteiger partial charge < -0.3 is 0 Å². The van der Waals surface area contributed by atoms with Crippen LogP contribution in [-0.4, -0.2) is 34.5 Å². The summed E-state index contributed by atoms with van der Waals surface area (Å²) in [5.41, 5.74) is 3.32. The normalized spacial score (nSPS) is 11.8. The molecule has 6 nitrogen and oxygen atoms in total. The van der Waals surface area contributed by atoms with Crippen molar-refractivity contribution in [3.8, 4) is 11.3 Å². The van der Waals surface area contributed by atoms with E-state index in [9.17, 15) is 8.42 Å². The zero-order valence-electron chi connectivity index (χ0n) is 17.2. The van der Waals surface area contributed by atoms with Crippen LogP contribution in [0.25, 0.3) is 11.3 Å². The Morgan fingerprint density at radius 2 is 1.66 bits per heavy atom. The summed E-state index contributed by atoms with van der Waals surface area (Å²) in [6.07, 6.45) is 3.12. The highest BCUT2D eigenvalue weighted by molar-refractivity contribution is 7.89. The van der Waals surface area contributed by atoms with Gasteiger partial charge in [0.25, 0.3) is 0 Å². The molecule has 0 N–H and O–H groups in total. The van der Waals surface area contributed by atoms with E-state index < -0.39 is 10.0 Å². The van der Waals surface area contributed by atoms with Crippen molar-refractivity contribution in [3.05, 3.63) is 100 Å². The molecule has 0 radical (unpaired) electrons. The molecule has 0 amide bonds. The van der Waals surface area contributed by atoms with E-state index in [0.29, 0.717) is 17.3 Å². The van der Waals surface area contributed by atoms with Crippen LogP contribution >= 0.6 is 23.2 Å². The lowest BCUT2D eigenvalue weighted by Gasteiger charge is -2.17. The van der Waals surface area contributed by atoms with Gasteiger partial charge in [0, 0.05) is 42.1 Å². The quantitative estimate of drug-likeness (QED) is 0.340. The van der Waals surface area contributed by atoms with Crippen LogP contribution in [0.15, 0.2) is 84.0 Å². The second-order valence-electron chi connectivity index (χ2n) is 7.24. The van der Waals surface area contributed by atoms with Gasteiger partial charge in [0.1, 0.15) is 10.0 Å². The number of aromatic nitrogens is 3. The van der Waals surface area contributed by atoms with Crippen LogP contribution in [0.1, 0.15) is 11.1 Å². The average molecular weight is 487 g/mol. The second kappa shape index (κ2) is 9.42. The van der Waals surface area contributed by atoms with Crippen molar-refractivity contribution in [1.82, 2.24) is 19.1 Å². The first kappa shape index (κ1) is 22.5. The Hall–Kier alpha value is -2.71. The summed E-state index contributed by atoms with van der Waals surface area (Å²) in [5, 5.41) is 5.63. The highest BCUT2D eigenvalue weighted by atomic mass is 35.5. The first-order valence-corrected chi connectivity index (χ1v) is 12.0. The van der Waals surface area contributed by atoms with Gasteiger partial charge in [-0.3, -0.25) is 4.68 Å². The SMILES string of the molecule is CN(Cc1cn(Cc2ccccc2Cl)nc1-c1ccccc1)S(=O)(=O)c1ccc(Cl)nc1. The predicted molar refractivity (Wildman–Crippen MR) is 126 cm³/mol. The van der Waals surface area contributed by atoms with Crippen molar-refractivity contribution in [2.45, 2.75) is 18.0 Å². The molecule has 0 aliphatic heterocycles. The van der Waals surface area contributed by atoms with E-state index in [1.807, 2.05) is 60.8 Å². The number of hydrogen-bond donors (Lipinski definition) is 0. The number of hydrogen-bond acceptors (Lipinski definition) is 4. The summed E-state index contributed by atoms with van der Waals surface area (Å²) in [5.74, 6) is 0. The Kier molecular flexibility index (Phi) is 6.62. The van der Waals surface area contributed by atoms with E-state index in [-0.39, 0.29) is 16.6 Å². The Bertz CT molecular complexity index is 1320. The summed E-state index contributed by atoms with van der Waals surface area (Å²) in [6.45, 7) is 0.606. The molecule has 0 aliphatic rings. The zero-order chi connectivity index (χ0) is 22.7. The van der Waals surface area contributed by atoms with Crippen LogP contribution < -0.4 is 0 Å². The number of sulfonamides is 1. The van der Waals surface area contributed by atoms with Gasteiger partial charge in [-0.15, -0.1) is 0 Å². The van der Waals surface area contributed by atoms with E-state index in [4.69, 9.17) is 28.3 Å². The number of halogens is 2. The van der Waals surface area contributed by atoms with Crippen LogP contribution in [-0.2, 0) is 23.1 Å². The number of benzene rings is 2. The second-order valence-corrected chi connectivity index (χ2v) is 10.1. The molecule has 2 aromatic heterocycles. The molecular formula is C23H20Cl2N4O2S. The molecule has 0 spiro atoms. The van der Waals surface area contributed by atoms with E-state index in [0.717, 1.165) is 16.7 Å². The van der Waals surface area contributed by atoms with Crippen LogP contribution in [0.5, 0.6) is 0 Å². The highest BCUT2D eigenvalue weighted by Crippen LogP contribution is 2.26. The van der Waals surface area contributed by atoms with Crippen molar-refractivity contribution >= 4 is 33.2 Å². The fourth-order valence-corrected chi connectivity index (χ4v) is 4.72. The summed E-state index contributed by atoms with van der Waals surface area (Å²) >= 11 is 12.1. The fraction of sp³-hybridized carbons (Fsp3) is 0.130. The standard InChI is InChI=1S/C23H20Cl2N4O2S/c1-28(32(30,31)20-11-12-22(25)26-13-20)14-19-16-29(15-18-9-5-6-10-21(18)24)27-23(19)17-7-3-2-4-8-17/h2-13,16H,14-15H2,1H3. The maximum absolute atomic E-state index is 13.0. The molecule has 9 heteroatoms. The molecule has 0 bridgehead atoms. The molecule has 2 heterocycles. The monoisotopic (exact) mass is 486 g/mol. The Morgan fingerprint density at radius 1 is 0.938 bits per heavy atom. The molecule has 164 valence electrons. The third kappa shape index (κ3) is 4.86. The summed E-state index contributed by atoms with van der Waals surface area (Å²) < 4.78 is 29.1. The summed E-state index contributed by atoms with van der Waals surface area (Å²) in [6, 6.07) is 20.1. The van der Waals surface area contributed by atoms with Gasteiger partial charge in [0.2, 0.25) is 10.0 Å². The van der Waals surface area contributed by atoms with Gasteiger partial charge in [0.05, 0.1) is 12.2 Å². The molecule has 0 unspecified atom stereocenters. The van der Waals surface area contributed by atoms with Gasteiger partial charge in [-0.05, 0) is 23.8 Å². The summed E-state index contributed by atoms with van der Waals surface area (Å²) in [4.78, 5) is 3.97. The summed E-state index contributed by atoms with van der Waals surface area (Å²) in [7, 11) is -2.22. The molecule has 4 aromatic rings. The number of nitrogens with zero attached hydrogens (tertiary/aromatic N) is 4. The zero-order valence-corrected chi connectivity index (χ0v) is 19.5. The van der Waals surface area contributed by atoms with Crippen molar-refractivity contribution in [2.24, 2.45) is 0 Å². The maximum atomic E-state index is 13.0. The van der Waals surface area contributed by atoms with Gasteiger partial charge in [-0.2, -0.15) is 9.40 Å². The molecule has 0 aliphatic carbocycles. The predicted octanol–water partition coefficient (Wildman–Crippen LogP) is 5.12. The smallest absolute Gasteiger partial charge is 0.244 e. The Balaban J connectivity index is 1.68. The molecule has 0 fully saturated rings. The first-order valence-electron chi connectivity index (χ1n) is 9.77. The molecule has 4 rings (SSSR count). The molecule has 0 saturated carbocycles. The molecule has 32 heavy (non-hydrogen) atoms. The lowest BCUT2D eigenvalue weighted by molar-refractivity contribution is 0.466. The minimum Gasteiger partial charge on any atom is -0.267 e. The van der Waals surface area contributed by atoms with E-state index in [2.05, 4.69) is 4.98 Å². The third-order valence-corrected chi connectivity index (χ3v) is 7.36. The highest BCUT2D eigenvalue weighted by Gasteiger charge is 2.24. The number of rotatable bonds is 7. The average Bonchev–Trinajstić information content (AvgIpc) is 3.18. The molecule has 0 atom stereocenters. The van der Waals surface area contributed by atoms with Gasteiger partial charge in [-0.25, -0.2) is 13.4 Å². The topological polar surface area (TPSA) is 68.1 Å². The first-order chi connectivity index (χ1) is 15.3. The van der Waals surface area contributed by atoms with Crippen molar-refractivity contribution in [2.75, 3.05) is 7.05 Å². The minimum absolute atomic E-state index is 0.0779. The molecular weight excluding hydrogens is 467 g/mol. The van der Waals surface area contributed by atoms with Crippen molar-refractivity contribution in [1.29, 1.82) is 0 Å². The van der Waals surface area contributed by atoms with E-state index in [1.54, 1.807) is 4.68 Å². The van der Waals surface area contributed by atoms with Gasteiger partial charge in [-0.1, -0.05) is 71.7 Å². The van der Waals surface area contributed by atoms with E-state index in [1.165, 1.54) is 29.7 Å². The van der Waals surface area contributed by atoms with Crippen LogP contribution in [0.4, 0.5) is 0 Å². The van der Waals surface area contributed by atoms with Crippen molar-refractivity contribution in [3.63, 3.8) is 0 Å². The molecule has 0 saturated heterocycles. The lowest BCUT2D eigenvalue weighted by atomic mass is 10.1. The lowest BCUT2D eigenvalue weighted by Crippen LogP contribution is -2.26. The number of pyridine rings is 1. The minimum atomic E-state index is -3.76. The van der Waals surface area contributed by atoms with Crippen molar-refractivity contribution < 1.29 is 8.42 Å². The largest absolute Gasteiger partial charge is 0.267 e. The third-order valence-electron chi connectivity index (χ3n) is 4.98. The maximum Gasteiger partial charge on any atom is 0.244 e. The molecule has 2 aromatic carbocycles.